The summed E-state index contributed by atoms with van der Waals surface area (Å²) in [6.45, 7) is 0.725. The molecule has 0 aromatic heterocycles. The summed E-state index contributed by atoms with van der Waals surface area (Å²) in [5.74, 6) is 0. The largest absolute Gasteiger partial charge is 0.499 e. The SMILES string of the molecule is C1=C(Sc2ccccc2)[C@@H](Sc2ccccc2)[C@H](Sc2ccccc2)CO1. The van der Waals surface area contributed by atoms with Gasteiger partial charge in [0.05, 0.1) is 16.8 Å². The second-order valence-corrected chi connectivity index (χ2v) is 9.76. The van der Waals surface area contributed by atoms with Gasteiger partial charge in [-0.05, 0) is 36.4 Å². The van der Waals surface area contributed by atoms with Gasteiger partial charge in [0.25, 0.3) is 0 Å². The van der Waals surface area contributed by atoms with Gasteiger partial charge in [-0.25, -0.2) is 0 Å². The Labute approximate surface area is 173 Å². The third-order valence-electron chi connectivity index (χ3n) is 4.09. The number of hydrogen-bond donors (Lipinski definition) is 0. The van der Waals surface area contributed by atoms with Crippen LogP contribution >= 0.6 is 35.3 Å². The van der Waals surface area contributed by atoms with E-state index in [9.17, 15) is 0 Å². The van der Waals surface area contributed by atoms with Crippen molar-refractivity contribution in [1.29, 1.82) is 0 Å². The highest BCUT2D eigenvalue weighted by Crippen LogP contribution is 2.45. The van der Waals surface area contributed by atoms with E-state index in [1.807, 2.05) is 41.5 Å². The molecule has 0 bridgehead atoms. The average Bonchev–Trinajstić information content (AvgIpc) is 2.73. The van der Waals surface area contributed by atoms with Crippen LogP contribution in [0.25, 0.3) is 0 Å². The predicted octanol–water partition coefficient (Wildman–Crippen LogP) is 6.97. The zero-order valence-electron chi connectivity index (χ0n) is 14.7. The van der Waals surface area contributed by atoms with E-state index in [2.05, 4.69) is 91.0 Å². The Hall–Kier alpha value is -1.75. The fourth-order valence-corrected chi connectivity index (χ4v) is 6.58. The van der Waals surface area contributed by atoms with Crippen molar-refractivity contribution >= 4 is 35.3 Å². The lowest BCUT2D eigenvalue weighted by atomic mass is 10.2. The van der Waals surface area contributed by atoms with Gasteiger partial charge in [-0.2, -0.15) is 0 Å². The van der Waals surface area contributed by atoms with Crippen LogP contribution in [0.2, 0.25) is 0 Å². The van der Waals surface area contributed by atoms with Gasteiger partial charge in [-0.3, -0.25) is 0 Å². The van der Waals surface area contributed by atoms with Crippen LogP contribution in [0.1, 0.15) is 0 Å². The summed E-state index contributed by atoms with van der Waals surface area (Å²) in [6.07, 6.45) is 1.96. The molecule has 4 rings (SSSR count). The van der Waals surface area contributed by atoms with Crippen LogP contribution in [0.5, 0.6) is 0 Å². The van der Waals surface area contributed by atoms with E-state index in [4.69, 9.17) is 4.74 Å². The molecule has 1 heterocycles. The Balaban J connectivity index is 1.59. The maximum atomic E-state index is 5.89. The van der Waals surface area contributed by atoms with Gasteiger partial charge < -0.3 is 4.74 Å². The molecule has 0 saturated carbocycles. The molecule has 0 saturated heterocycles. The summed E-state index contributed by atoms with van der Waals surface area (Å²) < 4.78 is 5.89. The molecule has 3 aromatic carbocycles. The van der Waals surface area contributed by atoms with Crippen LogP contribution in [-0.4, -0.2) is 17.1 Å². The highest BCUT2D eigenvalue weighted by Gasteiger charge is 2.32. The lowest BCUT2D eigenvalue weighted by Gasteiger charge is -2.31. The summed E-state index contributed by atoms with van der Waals surface area (Å²) in [7, 11) is 0. The monoisotopic (exact) mass is 408 g/mol. The Morgan fingerprint density at radius 2 is 1.15 bits per heavy atom. The second kappa shape index (κ2) is 9.45. The first-order chi connectivity index (χ1) is 13.4. The molecule has 27 heavy (non-hydrogen) atoms. The summed E-state index contributed by atoms with van der Waals surface area (Å²) in [4.78, 5) is 5.10. The molecule has 0 spiro atoms. The molecule has 0 fully saturated rings. The average molecular weight is 409 g/mol. The van der Waals surface area contributed by atoms with Gasteiger partial charge in [0.15, 0.2) is 0 Å². The van der Waals surface area contributed by atoms with Crippen molar-refractivity contribution in [2.45, 2.75) is 25.2 Å². The normalized spacial score (nSPS) is 19.2. The van der Waals surface area contributed by atoms with Gasteiger partial charge in [-0.1, -0.05) is 66.4 Å². The van der Waals surface area contributed by atoms with Crippen molar-refractivity contribution in [1.82, 2.24) is 0 Å². The van der Waals surface area contributed by atoms with Crippen molar-refractivity contribution in [3.05, 3.63) is 102 Å². The quantitative estimate of drug-likeness (QED) is 0.435. The number of hydrogen-bond acceptors (Lipinski definition) is 4. The molecule has 1 aliphatic heterocycles. The van der Waals surface area contributed by atoms with Gasteiger partial charge in [0, 0.05) is 19.6 Å². The Kier molecular flexibility index (Phi) is 6.51. The first-order valence-electron chi connectivity index (χ1n) is 8.86. The third kappa shape index (κ3) is 5.16. The minimum Gasteiger partial charge on any atom is -0.499 e. The summed E-state index contributed by atoms with van der Waals surface area (Å²) >= 11 is 5.64. The maximum absolute atomic E-state index is 5.89. The van der Waals surface area contributed by atoms with Gasteiger partial charge in [-0.15, -0.1) is 23.5 Å². The van der Waals surface area contributed by atoms with Crippen molar-refractivity contribution in [3.8, 4) is 0 Å². The molecule has 1 aliphatic rings. The van der Waals surface area contributed by atoms with Crippen molar-refractivity contribution < 1.29 is 4.74 Å². The predicted molar refractivity (Wildman–Crippen MR) is 119 cm³/mol. The van der Waals surface area contributed by atoms with Crippen LogP contribution in [0.4, 0.5) is 0 Å². The first kappa shape index (κ1) is 18.6. The number of benzene rings is 3. The first-order valence-corrected chi connectivity index (χ1v) is 11.4. The zero-order chi connectivity index (χ0) is 18.3. The molecule has 0 radical (unpaired) electrons. The minimum atomic E-state index is 0.344. The standard InChI is InChI=1S/C23H20OS3/c1-4-10-18(11-5-1)25-21-16-24-17-22(26-19-12-6-2-7-13-19)23(21)27-20-14-8-3-9-15-20/h1-16,22-23H,17H2/t22-,23-/m1/s1. The fourth-order valence-electron chi connectivity index (χ4n) is 2.82. The Morgan fingerprint density at radius 1 is 0.630 bits per heavy atom. The van der Waals surface area contributed by atoms with Gasteiger partial charge in [0.1, 0.15) is 6.61 Å². The van der Waals surface area contributed by atoms with E-state index in [1.165, 1.54) is 19.6 Å². The molecular weight excluding hydrogens is 388 g/mol. The van der Waals surface area contributed by atoms with E-state index < -0.39 is 0 Å². The smallest absolute Gasteiger partial charge is 0.101 e. The summed E-state index contributed by atoms with van der Waals surface area (Å²) in [5, 5.41) is 0.699. The van der Waals surface area contributed by atoms with Crippen LogP contribution in [0, 0.1) is 0 Å². The lowest BCUT2D eigenvalue weighted by Crippen LogP contribution is -2.29. The Morgan fingerprint density at radius 3 is 1.74 bits per heavy atom. The van der Waals surface area contributed by atoms with Crippen molar-refractivity contribution in [2.24, 2.45) is 0 Å². The molecule has 4 heteroatoms. The van der Waals surface area contributed by atoms with Crippen LogP contribution < -0.4 is 0 Å². The molecule has 3 aromatic rings. The van der Waals surface area contributed by atoms with E-state index in [0.29, 0.717) is 10.5 Å². The number of ether oxygens (including phenoxy) is 1. The molecule has 2 atom stereocenters. The van der Waals surface area contributed by atoms with E-state index in [-0.39, 0.29) is 0 Å². The Bertz CT molecular complexity index is 866. The molecule has 136 valence electrons. The summed E-state index contributed by atoms with van der Waals surface area (Å²) in [6, 6.07) is 31.8. The van der Waals surface area contributed by atoms with Crippen molar-refractivity contribution in [3.63, 3.8) is 0 Å². The third-order valence-corrected chi connectivity index (χ3v) is 8.15. The lowest BCUT2D eigenvalue weighted by molar-refractivity contribution is 0.236. The molecule has 0 unspecified atom stereocenters. The van der Waals surface area contributed by atoms with E-state index in [0.717, 1.165) is 6.61 Å². The minimum absolute atomic E-state index is 0.344. The highest BCUT2D eigenvalue weighted by atomic mass is 32.2. The summed E-state index contributed by atoms with van der Waals surface area (Å²) in [5.41, 5.74) is 0. The fraction of sp³-hybridized carbons (Fsp3) is 0.130. The van der Waals surface area contributed by atoms with Crippen LogP contribution in [0.15, 0.2) is 117 Å². The number of thioether (sulfide) groups is 3. The molecule has 0 amide bonds. The second-order valence-electron chi connectivity index (χ2n) is 6.09. The van der Waals surface area contributed by atoms with E-state index in [1.54, 1.807) is 0 Å². The van der Waals surface area contributed by atoms with E-state index >= 15 is 0 Å². The molecule has 1 nitrogen and oxygen atoms in total. The van der Waals surface area contributed by atoms with Crippen molar-refractivity contribution in [2.75, 3.05) is 6.61 Å². The number of rotatable bonds is 6. The van der Waals surface area contributed by atoms with Crippen LogP contribution in [-0.2, 0) is 4.74 Å². The maximum Gasteiger partial charge on any atom is 0.101 e. The van der Waals surface area contributed by atoms with Gasteiger partial charge >= 0.3 is 0 Å². The van der Waals surface area contributed by atoms with Crippen LogP contribution in [0.3, 0.4) is 0 Å². The van der Waals surface area contributed by atoms with Gasteiger partial charge in [0.2, 0.25) is 0 Å². The molecule has 0 N–H and O–H groups in total. The molecule has 0 aliphatic carbocycles. The molecular formula is C23H20OS3. The zero-order valence-corrected chi connectivity index (χ0v) is 17.2. The topological polar surface area (TPSA) is 9.23 Å². The highest BCUT2D eigenvalue weighted by molar-refractivity contribution is 8.07.